The minimum Gasteiger partial charge on any atom is -0.493 e. The van der Waals surface area contributed by atoms with Crippen molar-refractivity contribution < 1.29 is 14.3 Å². The first kappa shape index (κ1) is 19.6. The van der Waals surface area contributed by atoms with Gasteiger partial charge in [0, 0.05) is 12.5 Å². The molecule has 0 saturated carbocycles. The summed E-state index contributed by atoms with van der Waals surface area (Å²) in [5.74, 6) is 1.34. The maximum atomic E-state index is 12.1. The third kappa shape index (κ3) is 5.66. The minimum absolute atomic E-state index is 0.0393. The molecule has 0 fully saturated rings. The normalized spacial score (nSPS) is 11.5. The van der Waals surface area contributed by atoms with Crippen molar-refractivity contribution in [2.75, 3.05) is 20.3 Å². The second kappa shape index (κ2) is 10.3. The van der Waals surface area contributed by atoms with E-state index in [1.807, 2.05) is 42.5 Å². The summed E-state index contributed by atoms with van der Waals surface area (Å²) in [6, 6.07) is 15.9. The van der Waals surface area contributed by atoms with E-state index in [1.165, 1.54) is 5.56 Å². The van der Waals surface area contributed by atoms with Crippen LogP contribution >= 0.6 is 0 Å². The van der Waals surface area contributed by atoms with Crippen molar-refractivity contribution in [3.05, 3.63) is 72.3 Å². The summed E-state index contributed by atoms with van der Waals surface area (Å²) < 4.78 is 11.0. The Morgan fingerprint density at radius 2 is 1.96 bits per heavy atom. The highest BCUT2D eigenvalue weighted by molar-refractivity contribution is 5.77. The highest BCUT2D eigenvalue weighted by Gasteiger charge is 2.12. The number of carbonyl (C=O) groups is 1. The summed E-state index contributed by atoms with van der Waals surface area (Å²) in [7, 11) is 1.59. The summed E-state index contributed by atoms with van der Waals surface area (Å²) in [5.41, 5.74) is 2.32. The third-order valence-corrected chi connectivity index (χ3v) is 4.28. The average molecular weight is 353 g/mol. The Kier molecular flexibility index (Phi) is 7.75. The van der Waals surface area contributed by atoms with Crippen LogP contribution in [0.25, 0.3) is 0 Å². The van der Waals surface area contributed by atoms with Crippen LogP contribution in [0.2, 0.25) is 0 Å². The van der Waals surface area contributed by atoms with Crippen molar-refractivity contribution in [1.82, 2.24) is 5.32 Å². The number of allylic oxidation sites excluding steroid dienone is 1. The minimum atomic E-state index is -0.142. The number of hydrogen-bond donors (Lipinski definition) is 1. The quantitative estimate of drug-likeness (QED) is 0.654. The van der Waals surface area contributed by atoms with Gasteiger partial charge in [0.15, 0.2) is 18.1 Å². The maximum Gasteiger partial charge on any atom is 0.257 e. The van der Waals surface area contributed by atoms with E-state index in [1.54, 1.807) is 7.11 Å². The zero-order valence-corrected chi connectivity index (χ0v) is 15.5. The van der Waals surface area contributed by atoms with Crippen LogP contribution in [0.5, 0.6) is 11.5 Å². The zero-order valence-electron chi connectivity index (χ0n) is 15.5. The fraction of sp³-hybridized carbons (Fsp3) is 0.318. The Morgan fingerprint density at radius 3 is 2.62 bits per heavy atom. The Morgan fingerprint density at radius 1 is 1.19 bits per heavy atom. The van der Waals surface area contributed by atoms with Gasteiger partial charge >= 0.3 is 0 Å². The second-order valence-corrected chi connectivity index (χ2v) is 6.09. The molecule has 0 radical (unpaired) electrons. The lowest BCUT2D eigenvalue weighted by molar-refractivity contribution is -0.123. The molecule has 1 N–H and O–H groups in total. The fourth-order valence-corrected chi connectivity index (χ4v) is 2.78. The number of ether oxygens (including phenoxy) is 2. The molecule has 26 heavy (non-hydrogen) atoms. The molecule has 0 saturated heterocycles. The van der Waals surface area contributed by atoms with Gasteiger partial charge in [0.25, 0.3) is 5.91 Å². The van der Waals surface area contributed by atoms with Gasteiger partial charge in [-0.15, -0.1) is 6.58 Å². The molecule has 1 atom stereocenters. The van der Waals surface area contributed by atoms with Crippen LogP contribution in [0.15, 0.2) is 61.2 Å². The lowest BCUT2D eigenvalue weighted by Crippen LogP contribution is -2.32. The lowest BCUT2D eigenvalue weighted by atomic mass is 9.96. The number of hydrogen-bond acceptors (Lipinski definition) is 3. The highest BCUT2D eigenvalue weighted by Crippen LogP contribution is 2.28. The van der Waals surface area contributed by atoms with Gasteiger partial charge in [0.2, 0.25) is 0 Å². The molecule has 0 aromatic heterocycles. The molecule has 2 aromatic rings. The number of rotatable bonds is 10. The van der Waals surface area contributed by atoms with E-state index in [2.05, 4.69) is 31.0 Å². The predicted octanol–water partition coefficient (Wildman–Crippen LogP) is 4.11. The van der Waals surface area contributed by atoms with Crippen LogP contribution in [-0.2, 0) is 11.2 Å². The summed E-state index contributed by atoms with van der Waals surface area (Å²) in [4.78, 5) is 12.1. The zero-order chi connectivity index (χ0) is 18.8. The van der Waals surface area contributed by atoms with Crippen molar-refractivity contribution in [2.45, 2.75) is 25.7 Å². The highest BCUT2D eigenvalue weighted by atomic mass is 16.5. The molecule has 0 aliphatic heterocycles. The van der Waals surface area contributed by atoms with Crippen LogP contribution in [0, 0.1) is 0 Å². The SMILES string of the molecule is C=CCc1ccc(OCC(=O)NCC(CC)c2ccccc2)c(OC)c1. The molecule has 0 aliphatic rings. The fourth-order valence-electron chi connectivity index (χ4n) is 2.78. The second-order valence-electron chi connectivity index (χ2n) is 6.09. The van der Waals surface area contributed by atoms with Gasteiger partial charge in [-0.05, 0) is 36.1 Å². The number of methoxy groups -OCH3 is 1. The summed E-state index contributed by atoms with van der Waals surface area (Å²) in [6.45, 7) is 6.41. The van der Waals surface area contributed by atoms with E-state index in [4.69, 9.17) is 9.47 Å². The first-order valence-corrected chi connectivity index (χ1v) is 8.90. The third-order valence-electron chi connectivity index (χ3n) is 4.28. The molecule has 0 bridgehead atoms. The lowest BCUT2D eigenvalue weighted by Gasteiger charge is -2.17. The molecule has 0 aliphatic carbocycles. The van der Waals surface area contributed by atoms with Gasteiger partial charge in [0.1, 0.15) is 0 Å². The summed E-state index contributed by atoms with van der Waals surface area (Å²) in [5, 5.41) is 2.95. The number of carbonyl (C=O) groups excluding carboxylic acids is 1. The van der Waals surface area contributed by atoms with Gasteiger partial charge < -0.3 is 14.8 Å². The van der Waals surface area contributed by atoms with E-state index >= 15 is 0 Å². The Labute approximate surface area is 155 Å². The van der Waals surface area contributed by atoms with Crippen molar-refractivity contribution in [2.24, 2.45) is 0 Å². The van der Waals surface area contributed by atoms with Crippen molar-refractivity contribution >= 4 is 5.91 Å². The molecule has 1 amide bonds. The summed E-state index contributed by atoms with van der Waals surface area (Å²) in [6.07, 6.45) is 3.55. The largest absolute Gasteiger partial charge is 0.493 e. The maximum absolute atomic E-state index is 12.1. The molecule has 4 nitrogen and oxygen atoms in total. The molecule has 2 aromatic carbocycles. The number of nitrogens with one attached hydrogen (secondary N) is 1. The van der Waals surface area contributed by atoms with E-state index in [-0.39, 0.29) is 12.5 Å². The topological polar surface area (TPSA) is 47.6 Å². The van der Waals surface area contributed by atoms with Crippen molar-refractivity contribution in [3.8, 4) is 11.5 Å². The van der Waals surface area contributed by atoms with Crippen molar-refractivity contribution in [3.63, 3.8) is 0 Å². The molecular formula is C22H27NO3. The molecule has 4 heteroatoms. The van der Waals surface area contributed by atoms with Gasteiger partial charge in [-0.3, -0.25) is 4.79 Å². The number of amides is 1. The first-order chi connectivity index (χ1) is 12.7. The molecular weight excluding hydrogens is 326 g/mol. The average Bonchev–Trinajstić information content (AvgIpc) is 2.68. The van der Waals surface area contributed by atoms with E-state index in [9.17, 15) is 4.79 Å². The van der Waals surface area contributed by atoms with Gasteiger partial charge in [-0.1, -0.05) is 49.4 Å². The smallest absolute Gasteiger partial charge is 0.257 e. The molecule has 0 heterocycles. The predicted molar refractivity (Wildman–Crippen MR) is 105 cm³/mol. The van der Waals surface area contributed by atoms with Crippen LogP contribution < -0.4 is 14.8 Å². The Balaban J connectivity index is 1.87. The molecule has 138 valence electrons. The number of benzene rings is 2. The van der Waals surface area contributed by atoms with Crippen LogP contribution in [0.3, 0.4) is 0 Å². The van der Waals surface area contributed by atoms with Crippen LogP contribution in [0.1, 0.15) is 30.4 Å². The van der Waals surface area contributed by atoms with Crippen molar-refractivity contribution in [1.29, 1.82) is 0 Å². The standard InChI is InChI=1S/C22H27NO3/c1-4-9-17-12-13-20(21(14-17)25-3)26-16-22(24)23-15-18(5-2)19-10-7-6-8-11-19/h4,6-8,10-14,18H,1,5,9,15-16H2,2-3H3,(H,23,24). The van der Waals surface area contributed by atoms with Crippen LogP contribution in [0.4, 0.5) is 0 Å². The molecule has 2 rings (SSSR count). The van der Waals surface area contributed by atoms with Gasteiger partial charge in [0.05, 0.1) is 7.11 Å². The monoisotopic (exact) mass is 353 g/mol. The van der Waals surface area contributed by atoms with E-state index in [0.29, 0.717) is 24.0 Å². The Hall–Kier alpha value is -2.75. The Bertz CT molecular complexity index is 713. The van der Waals surface area contributed by atoms with E-state index in [0.717, 1.165) is 18.4 Å². The molecule has 0 spiro atoms. The van der Waals surface area contributed by atoms with Gasteiger partial charge in [-0.2, -0.15) is 0 Å². The molecule has 1 unspecified atom stereocenters. The first-order valence-electron chi connectivity index (χ1n) is 8.90. The van der Waals surface area contributed by atoms with E-state index < -0.39 is 0 Å². The summed E-state index contributed by atoms with van der Waals surface area (Å²) >= 11 is 0. The van der Waals surface area contributed by atoms with Gasteiger partial charge in [-0.25, -0.2) is 0 Å². The van der Waals surface area contributed by atoms with Crippen LogP contribution in [-0.4, -0.2) is 26.2 Å².